The van der Waals surface area contributed by atoms with Crippen LogP contribution in [0.3, 0.4) is 0 Å². The van der Waals surface area contributed by atoms with E-state index in [9.17, 15) is 17.6 Å². The van der Waals surface area contributed by atoms with Crippen molar-refractivity contribution in [3.63, 3.8) is 0 Å². The minimum absolute atomic E-state index is 0.0284. The van der Waals surface area contributed by atoms with Crippen LogP contribution in [0.25, 0.3) is 11.0 Å². The number of carbonyl (C=O) groups excluding carboxylic acids is 1. The number of aromatic amines is 1. The van der Waals surface area contributed by atoms with Crippen molar-refractivity contribution in [3.05, 3.63) is 47.4 Å². The Labute approximate surface area is 177 Å². The van der Waals surface area contributed by atoms with Crippen LogP contribution in [-0.4, -0.2) is 54.1 Å². The lowest BCUT2D eigenvalue weighted by Gasteiger charge is -2.15. The van der Waals surface area contributed by atoms with E-state index in [-0.39, 0.29) is 5.56 Å². The van der Waals surface area contributed by atoms with Crippen LogP contribution in [0.1, 0.15) is 28.8 Å². The van der Waals surface area contributed by atoms with E-state index < -0.39 is 38.9 Å². The molecule has 1 saturated carbocycles. The molecular formula is C19H20F2N6O3S. The summed E-state index contributed by atoms with van der Waals surface area (Å²) in [5, 5.41) is 3.47. The zero-order chi connectivity index (χ0) is 22.3. The molecule has 3 N–H and O–H groups in total. The zero-order valence-electron chi connectivity index (χ0n) is 16.7. The number of ketones is 1. The topological polar surface area (TPSA) is 120 Å². The van der Waals surface area contributed by atoms with Crippen LogP contribution in [0.4, 0.5) is 20.3 Å². The highest BCUT2D eigenvalue weighted by molar-refractivity contribution is 7.90. The number of anilines is 2. The summed E-state index contributed by atoms with van der Waals surface area (Å²) in [6.07, 6.45) is 4.83. The van der Waals surface area contributed by atoms with Gasteiger partial charge in [0.1, 0.15) is 23.6 Å². The van der Waals surface area contributed by atoms with Crippen LogP contribution < -0.4 is 10.0 Å². The summed E-state index contributed by atoms with van der Waals surface area (Å²) in [5.41, 5.74) is -1.11. The van der Waals surface area contributed by atoms with Gasteiger partial charge in [0.05, 0.1) is 22.2 Å². The number of hydrogen-bond donors (Lipinski definition) is 3. The first-order chi connectivity index (χ1) is 14.7. The first-order valence-corrected chi connectivity index (χ1v) is 10.9. The second-order valence-electron chi connectivity index (χ2n) is 7.48. The summed E-state index contributed by atoms with van der Waals surface area (Å²) < 4.78 is 56.5. The predicted octanol–water partition coefficient (Wildman–Crippen LogP) is 2.51. The highest BCUT2D eigenvalue weighted by atomic mass is 32.2. The van der Waals surface area contributed by atoms with Gasteiger partial charge in [0.15, 0.2) is 5.82 Å². The molecule has 31 heavy (non-hydrogen) atoms. The molecular weight excluding hydrogens is 430 g/mol. The number of aromatic nitrogens is 3. The van der Waals surface area contributed by atoms with Crippen molar-refractivity contribution in [1.29, 1.82) is 0 Å². The van der Waals surface area contributed by atoms with E-state index in [1.54, 1.807) is 0 Å². The minimum Gasteiger partial charge on any atom is -0.369 e. The molecule has 0 spiro atoms. The summed E-state index contributed by atoms with van der Waals surface area (Å²) >= 11 is 0. The molecule has 0 atom stereocenters. The van der Waals surface area contributed by atoms with Crippen molar-refractivity contribution < 1.29 is 22.0 Å². The zero-order valence-corrected chi connectivity index (χ0v) is 17.6. The quantitative estimate of drug-likeness (QED) is 0.454. The molecule has 3 aromatic rings. The summed E-state index contributed by atoms with van der Waals surface area (Å²) in [4.78, 5) is 24.2. The van der Waals surface area contributed by atoms with Crippen molar-refractivity contribution in [1.82, 2.24) is 19.3 Å². The van der Waals surface area contributed by atoms with Crippen molar-refractivity contribution in [2.75, 3.05) is 30.7 Å². The fraction of sp³-hybridized carbons (Fsp3) is 0.316. The van der Waals surface area contributed by atoms with Gasteiger partial charge in [-0.15, -0.1) is 0 Å². The molecule has 1 aromatic carbocycles. The number of H-pyrrole nitrogens is 1. The summed E-state index contributed by atoms with van der Waals surface area (Å²) in [7, 11) is -1.56. The average molecular weight is 450 g/mol. The molecule has 0 saturated heterocycles. The normalized spacial score (nSPS) is 14.2. The van der Waals surface area contributed by atoms with E-state index in [2.05, 4.69) is 20.3 Å². The third kappa shape index (κ3) is 4.08. The molecule has 0 bridgehead atoms. The van der Waals surface area contributed by atoms with E-state index in [1.165, 1.54) is 26.6 Å². The third-order valence-electron chi connectivity index (χ3n) is 5.01. The van der Waals surface area contributed by atoms with Gasteiger partial charge < -0.3 is 10.3 Å². The smallest absolute Gasteiger partial charge is 0.301 e. The highest BCUT2D eigenvalue weighted by Crippen LogP contribution is 2.32. The molecule has 0 unspecified atom stereocenters. The molecule has 9 nitrogen and oxygen atoms in total. The van der Waals surface area contributed by atoms with Crippen molar-refractivity contribution >= 4 is 38.5 Å². The van der Waals surface area contributed by atoms with Crippen molar-refractivity contribution in [3.8, 4) is 0 Å². The SMILES string of the molecule is CN(C)S(=O)(=O)Nc1ccc(F)c(C(=O)c2c[nH]c3ncnc(NCC4CC4)c23)c1F. The predicted molar refractivity (Wildman–Crippen MR) is 111 cm³/mol. The van der Waals surface area contributed by atoms with Crippen molar-refractivity contribution in [2.45, 2.75) is 12.8 Å². The lowest BCUT2D eigenvalue weighted by molar-refractivity contribution is 0.103. The molecule has 2 heterocycles. The number of nitrogens with one attached hydrogen (secondary N) is 3. The maximum atomic E-state index is 15.1. The molecule has 1 fully saturated rings. The maximum absolute atomic E-state index is 15.1. The molecule has 0 radical (unpaired) electrons. The van der Waals surface area contributed by atoms with Crippen LogP contribution >= 0.6 is 0 Å². The Morgan fingerprint density at radius 3 is 2.68 bits per heavy atom. The lowest BCUT2D eigenvalue weighted by atomic mass is 10.0. The van der Waals surface area contributed by atoms with Crippen LogP contribution in [0.15, 0.2) is 24.7 Å². The van der Waals surface area contributed by atoms with E-state index in [1.807, 2.05) is 4.72 Å². The second kappa shape index (κ2) is 7.85. The van der Waals surface area contributed by atoms with Crippen LogP contribution in [0, 0.1) is 17.6 Å². The Bertz CT molecular complexity index is 1270. The first kappa shape index (κ1) is 21.1. The van der Waals surface area contributed by atoms with Crippen LogP contribution in [-0.2, 0) is 10.2 Å². The molecule has 4 rings (SSSR count). The first-order valence-electron chi connectivity index (χ1n) is 9.48. The van der Waals surface area contributed by atoms with E-state index in [0.717, 1.165) is 29.3 Å². The van der Waals surface area contributed by atoms with Gasteiger partial charge in [0, 0.05) is 26.8 Å². The Morgan fingerprint density at radius 2 is 2.00 bits per heavy atom. The monoisotopic (exact) mass is 450 g/mol. The summed E-state index contributed by atoms with van der Waals surface area (Å²) in [6.45, 7) is 0.662. The van der Waals surface area contributed by atoms with Gasteiger partial charge in [0.25, 0.3) is 0 Å². The van der Waals surface area contributed by atoms with Gasteiger partial charge in [-0.25, -0.2) is 18.7 Å². The molecule has 12 heteroatoms. The summed E-state index contributed by atoms with van der Waals surface area (Å²) in [5.74, 6) is -2.48. The molecule has 1 aliphatic rings. The number of fused-ring (bicyclic) bond motifs is 1. The third-order valence-corrected chi connectivity index (χ3v) is 6.45. The Kier molecular flexibility index (Phi) is 5.35. The maximum Gasteiger partial charge on any atom is 0.301 e. The van der Waals surface area contributed by atoms with Gasteiger partial charge in [-0.3, -0.25) is 9.52 Å². The fourth-order valence-electron chi connectivity index (χ4n) is 3.04. The Morgan fingerprint density at radius 1 is 1.26 bits per heavy atom. The number of hydrogen-bond acceptors (Lipinski definition) is 6. The number of carbonyl (C=O) groups is 1. The largest absolute Gasteiger partial charge is 0.369 e. The highest BCUT2D eigenvalue weighted by Gasteiger charge is 2.28. The van der Waals surface area contributed by atoms with Crippen LogP contribution in [0.5, 0.6) is 0 Å². The van der Waals surface area contributed by atoms with Crippen molar-refractivity contribution in [2.24, 2.45) is 5.92 Å². The standard InChI is InChI=1S/C19H20F2N6O3S/c1-27(2)31(29,30)26-13-6-5-12(20)15(16(13)21)17(28)11-8-23-19-14(11)18(24-9-25-19)22-7-10-3-4-10/h5-6,8-10,26H,3-4,7H2,1-2H3,(H2,22,23,24,25). The number of benzene rings is 1. The number of halogens is 2. The molecule has 2 aromatic heterocycles. The van der Waals surface area contributed by atoms with E-state index in [0.29, 0.717) is 29.3 Å². The van der Waals surface area contributed by atoms with E-state index in [4.69, 9.17) is 0 Å². The van der Waals surface area contributed by atoms with Gasteiger partial charge >= 0.3 is 10.2 Å². The lowest BCUT2D eigenvalue weighted by Crippen LogP contribution is -2.29. The molecule has 1 aliphatic carbocycles. The Hall–Kier alpha value is -3.12. The number of rotatable bonds is 8. The second-order valence-corrected chi connectivity index (χ2v) is 9.36. The molecule has 0 aliphatic heterocycles. The van der Waals surface area contributed by atoms with Gasteiger partial charge in [0.2, 0.25) is 5.78 Å². The van der Waals surface area contributed by atoms with Crippen LogP contribution in [0.2, 0.25) is 0 Å². The minimum atomic E-state index is -4.06. The average Bonchev–Trinajstić information content (AvgIpc) is 3.44. The molecule has 0 amide bonds. The Balaban J connectivity index is 1.76. The van der Waals surface area contributed by atoms with E-state index >= 15 is 4.39 Å². The van der Waals surface area contributed by atoms with Gasteiger partial charge in [-0.1, -0.05) is 0 Å². The number of nitrogens with zero attached hydrogens (tertiary/aromatic N) is 3. The fourth-order valence-corrected chi connectivity index (χ4v) is 3.66. The van der Waals surface area contributed by atoms with Gasteiger partial charge in [-0.2, -0.15) is 12.7 Å². The summed E-state index contributed by atoms with van der Waals surface area (Å²) in [6, 6.07) is 1.75. The van der Waals surface area contributed by atoms with Gasteiger partial charge in [-0.05, 0) is 30.9 Å². The molecule has 164 valence electrons.